The molecule has 0 radical (unpaired) electrons. The Balaban J connectivity index is 2.35. The Hall–Kier alpha value is -1.40. The number of hydrogen-bond acceptors (Lipinski definition) is 4. The van der Waals surface area contributed by atoms with E-state index in [1.54, 1.807) is 30.0 Å². The van der Waals surface area contributed by atoms with Gasteiger partial charge < -0.3 is 9.64 Å². The van der Waals surface area contributed by atoms with Crippen LogP contribution < -0.4 is 0 Å². The van der Waals surface area contributed by atoms with Gasteiger partial charge in [0.15, 0.2) is 9.84 Å². The van der Waals surface area contributed by atoms with Gasteiger partial charge in [0, 0.05) is 13.1 Å². The maximum absolute atomic E-state index is 12.5. The molecule has 1 aliphatic rings. The number of sulfone groups is 1. The quantitative estimate of drug-likeness (QED) is 0.844. The van der Waals surface area contributed by atoms with Gasteiger partial charge in [-0.3, -0.25) is 4.79 Å². The lowest BCUT2D eigenvalue weighted by atomic mass is 10.2. The van der Waals surface area contributed by atoms with E-state index in [1.807, 2.05) is 6.92 Å². The molecule has 0 saturated carbocycles. The van der Waals surface area contributed by atoms with Crippen LogP contribution in [0.15, 0.2) is 29.2 Å². The van der Waals surface area contributed by atoms with E-state index in [4.69, 9.17) is 4.74 Å². The number of ether oxygens (including phenoxy) is 1. The first-order chi connectivity index (χ1) is 9.45. The third-order valence-corrected chi connectivity index (χ3v) is 5.15. The molecule has 1 aromatic rings. The lowest BCUT2D eigenvalue weighted by Crippen LogP contribution is -2.44. The topological polar surface area (TPSA) is 63.7 Å². The Bertz CT molecular complexity index is 597. The number of amides is 1. The molecule has 20 heavy (non-hydrogen) atoms. The second-order valence-electron chi connectivity index (χ2n) is 4.83. The molecule has 6 heteroatoms. The van der Waals surface area contributed by atoms with Crippen LogP contribution in [0, 0.1) is 0 Å². The smallest absolute Gasteiger partial charge is 0.255 e. The molecule has 1 fully saturated rings. The monoisotopic (exact) mass is 297 g/mol. The van der Waals surface area contributed by atoms with E-state index in [-0.39, 0.29) is 28.2 Å². The van der Waals surface area contributed by atoms with Crippen molar-refractivity contribution in [3.05, 3.63) is 29.8 Å². The van der Waals surface area contributed by atoms with Crippen molar-refractivity contribution >= 4 is 15.7 Å². The molecule has 1 aliphatic heterocycles. The van der Waals surface area contributed by atoms with Gasteiger partial charge in [-0.05, 0) is 19.1 Å². The van der Waals surface area contributed by atoms with Gasteiger partial charge in [-0.1, -0.05) is 19.1 Å². The minimum atomic E-state index is -3.40. The number of hydrogen-bond donors (Lipinski definition) is 0. The molecule has 110 valence electrons. The summed E-state index contributed by atoms with van der Waals surface area (Å²) >= 11 is 0. The number of benzene rings is 1. The summed E-state index contributed by atoms with van der Waals surface area (Å²) < 4.78 is 29.6. The highest BCUT2D eigenvalue weighted by atomic mass is 32.2. The Labute approximate surface area is 119 Å². The van der Waals surface area contributed by atoms with Crippen LogP contribution in [-0.4, -0.2) is 50.8 Å². The fourth-order valence-corrected chi connectivity index (χ4v) is 3.33. The van der Waals surface area contributed by atoms with E-state index in [2.05, 4.69) is 0 Å². The highest BCUT2D eigenvalue weighted by Crippen LogP contribution is 2.20. The molecular formula is C14H19NO4S. The highest BCUT2D eigenvalue weighted by molar-refractivity contribution is 7.91. The average Bonchev–Trinajstić information content (AvgIpc) is 2.46. The lowest BCUT2D eigenvalue weighted by molar-refractivity contribution is -0.0125. The first-order valence-corrected chi connectivity index (χ1v) is 8.33. The molecule has 0 bridgehead atoms. The summed E-state index contributed by atoms with van der Waals surface area (Å²) in [7, 11) is -3.40. The standard InChI is InChI=1S/C14H19NO4S/c1-3-20(17,18)13-7-5-4-6-12(13)14(16)15-8-9-19-11(2)10-15/h4-7,11H,3,8-10H2,1-2H3/t11-/m1/s1. The number of rotatable bonds is 3. The SMILES string of the molecule is CCS(=O)(=O)c1ccccc1C(=O)N1CCO[C@H](C)C1. The van der Waals surface area contributed by atoms with E-state index < -0.39 is 9.84 Å². The van der Waals surface area contributed by atoms with Crippen LogP contribution in [0.4, 0.5) is 0 Å². The molecule has 0 N–H and O–H groups in total. The molecule has 1 atom stereocenters. The first kappa shape index (κ1) is 15.0. The van der Waals surface area contributed by atoms with Crippen LogP contribution in [0.3, 0.4) is 0 Å². The van der Waals surface area contributed by atoms with E-state index in [0.717, 1.165) is 0 Å². The molecule has 0 spiro atoms. The molecule has 1 saturated heterocycles. The lowest BCUT2D eigenvalue weighted by Gasteiger charge is -2.31. The molecule has 1 heterocycles. The zero-order valence-electron chi connectivity index (χ0n) is 11.7. The molecule has 2 rings (SSSR count). The summed E-state index contributed by atoms with van der Waals surface area (Å²) in [5, 5.41) is 0. The van der Waals surface area contributed by atoms with Crippen LogP contribution in [0.25, 0.3) is 0 Å². The number of morpholine rings is 1. The zero-order valence-corrected chi connectivity index (χ0v) is 12.5. The maximum Gasteiger partial charge on any atom is 0.255 e. The predicted molar refractivity (Wildman–Crippen MR) is 75.5 cm³/mol. The minimum Gasteiger partial charge on any atom is -0.375 e. The van der Waals surface area contributed by atoms with Crippen molar-refractivity contribution in [1.29, 1.82) is 0 Å². The Morgan fingerprint density at radius 3 is 2.75 bits per heavy atom. The van der Waals surface area contributed by atoms with Crippen LogP contribution in [0.1, 0.15) is 24.2 Å². The van der Waals surface area contributed by atoms with Crippen molar-refractivity contribution in [2.45, 2.75) is 24.8 Å². The van der Waals surface area contributed by atoms with Crippen molar-refractivity contribution in [1.82, 2.24) is 4.90 Å². The maximum atomic E-state index is 12.5. The third kappa shape index (κ3) is 3.02. The second kappa shape index (κ2) is 5.93. The number of carbonyl (C=O) groups excluding carboxylic acids is 1. The average molecular weight is 297 g/mol. The fraction of sp³-hybridized carbons (Fsp3) is 0.500. The van der Waals surface area contributed by atoms with Crippen LogP contribution in [0.2, 0.25) is 0 Å². The van der Waals surface area contributed by atoms with Crippen LogP contribution in [-0.2, 0) is 14.6 Å². The van der Waals surface area contributed by atoms with Gasteiger partial charge in [0.05, 0.1) is 28.9 Å². The van der Waals surface area contributed by atoms with Gasteiger partial charge in [-0.15, -0.1) is 0 Å². The highest BCUT2D eigenvalue weighted by Gasteiger charge is 2.27. The van der Waals surface area contributed by atoms with Crippen molar-refractivity contribution in [3.63, 3.8) is 0 Å². The van der Waals surface area contributed by atoms with Crippen LogP contribution >= 0.6 is 0 Å². The summed E-state index contributed by atoms with van der Waals surface area (Å²) in [5.41, 5.74) is 0.253. The summed E-state index contributed by atoms with van der Waals surface area (Å²) in [6.45, 7) is 4.93. The van der Waals surface area contributed by atoms with Crippen molar-refractivity contribution in [2.75, 3.05) is 25.4 Å². The number of carbonyl (C=O) groups is 1. The molecular weight excluding hydrogens is 278 g/mol. The van der Waals surface area contributed by atoms with E-state index in [0.29, 0.717) is 19.7 Å². The molecule has 1 amide bonds. The van der Waals surface area contributed by atoms with Gasteiger partial charge >= 0.3 is 0 Å². The first-order valence-electron chi connectivity index (χ1n) is 6.68. The molecule has 0 unspecified atom stereocenters. The Morgan fingerprint density at radius 1 is 1.40 bits per heavy atom. The summed E-state index contributed by atoms with van der Waals surface area (Å²) in [5.74, 6) is -0.260. The minimum absolute atomic E-state index is 0.0171. The third-order valence-electron chi connectivity index (χ3n) is 3.36. The van der Waals surface area contributed by atoms with Gasteiger partial charge in [0.25, 0.3) is 5.91 Å². The Kier molecular flexibility index (Phi) is 4.45. The normalized spacial score (nSPS) is 19.9. The van der Waals surface area contributed by atoms with Crippen molar-refractivity contribution < 1.29 is 17.9 Å². The van der Waals surface area contributed by atoms with E-state index in [9.17, 15) is 13.2 Å². The second-order valence-corrected chi connectivity index (χ2v) is 7.08. The number of nitrogens with zero attached hydrogens (tertiary/aromatic N) is 1. The Morgan fingerprint density at radius 2 is 2.10 bits per heavy atom. The fourth-order valence-electron chi connectivity index (χ4n) is 2.24. The predicted octanol–water partition coefficient (Wildman–Crippen LogP) is 1.34. The molecule has 1 aromatic carbocycles. The van der Waals surface area contributed by atoms with Gasteiger partial charge in [-0.2, -0.15) is 0 Å². The molecule has 0 aliphatic carbocycles. The van der Waals surface area contributed by atoms with Gasteiger partial charge in [-0.25, -0.2) is 8.42 Å². The van der Waals surface area contributed by atoms with E-state index in [1.165, 1.54) is 6.07 Å². The van der Waals surface area contributed by atoms with Crippen molar-refractivity contribution in [2.24, 2.45) is 0 Å². The van der Waals surface area contributed by atoms with Crippen molar-refractivity contribution in [3.8, 4) is 0 Å². The summed E-state index contributed by atoms with van der Waals surface area (Å²) in [6.07, 6.45) is -0.0253. The zero-order chi connectivity index (χ0) is 14.8. The summed E-state index contributed by atoms with van der Waals surface area (Å²) in [6, 6.07) is 6.40. The largest absolute Gasteiger partial charge is 0.375 e. The molecule has 5 nitrogen and oxygen atoms in total. The van der Waals surface area contributed by atoms with E-state index >= 15 is 0 Å². The van der Waals surface area contributed by atoms with Gasteiger partial charge in [0.2, 0.25) is 0 Å². The summed E-state index contributed by atoms with van der Waals surface area (Å²) in [4.78, 5) is 14.3. The van der Waals surface area contributed by atoms with Crippen LogP contribution in [0.5, 0.6) is 0 Å². The van der Waals surface area contributed by atoms with Gasteiger partial charge in [0.1, 0.15) is 0 Å². The molecule has 0 aromatic heterocycles.